The molecule has 0 fully saturated rings. The Balaban J connectivity index is 1.82. The highest BCUT2D eigenvalue weighted by Crippen LogP contribution is 2.12. The van der Waals surface area contributed by atoms with Crippen molar-refractivity contribution in [2.45, 2.75) is 46.1 Å². The average molecular weight is 385 g/mol. The van der Waals surface area contributed by atoms with E-state index in [4.69, 9.17) is 14.2 Å². The number of ether oxygens (including phenoxy) is 3. The van der Waals surface area contributed by atoms with Crippen LogP contribution < -0.4 is 10.1 Å². The topological polar surface area (TPSA) is 73.9 Å². The van der Waals surface area contributed by atoms with E-state index in [-0.39, 0.29) is 12.0 Å². The molecule has 1 N–H and O–H groups in total. The summed E-state index contributed by atoms with van der Waals surface area (Å²) >= 11 is 0. The number of benzene rings is 2. The molecule has 2 aromatic rings. The lowest BCUT2D eigenvalue weighted by Gasteiger charge is -2.14. The third-order valence-corrected chi connectivity index (χ3v) is 4.05. The lowest BCUT2D eigenvalue weighted by molar-refractivity contribution is -0.129. The first-order chi connectivity index (χ1) is 13.4. The molecule has 28 heavy (non-hydrogen) atoms. The SMILES string of the molecule is COc1ccc(CNC(=O)[C@@H](C)OC(=O)c2ccc(COC(C)C)cc2)cc1. The third kappa shape index (κ3) is 6.70. The van der Waals surface area contributed by atoms with Crippen molar-refractivity contribution in [1.29, 1.82) is 0 Å². The largest absolute Gasteiger partial charge is 0.497 e. The fourth-order valence-electron chi connectivity index (χ4n) is 2.36. The predicted molar refractivity (Wildman–Crippen MR) is 106 cm³/mol. The first kappa shape index (κ1) is 21.4. The van der Waals surface area contributed by atoms with Gasteiger partial charge in [0.15, 0.2) is 6.10 Å². The molecule has 0 aromatic heterocycles. The van der Waals surface area contributed by atoms with Gasteiger partial charge in [0.2, 0.25) is 0 Å². The summed E-state index contributed by atoms with van der Waals surface area (Å²) in [6.07, 6.45) is -0.753. The van der Waals surface area contributed by atoms with Crippen molar-refractivity contribution in [3.63, 3.8) is 0 Å². The van der Waals surface area contributed by atoms with Crippen LogP contribution in [-0.2, 0) is 27.4 Å². The summed E-state index contributed by atoms with van der Waals surface area (Å²) in [5, 5.41) is 2.76. The maximum atomic E-state index is 12.2. The van der Waals surface area contributed by atoms with Gasteiger partial charge in [-0.25, -0.2) is 4.79 Å². The van der Waals surface area contributed by atoms with E-state index in [0.29, 0.717) is 18.7 Å². The van der Waals surface area contributed by atoms with E-state index in [1.807, 2.05) is 50.2 Å². The monoisotopic (exact) mass is 385 g/mol. The number of rotatable bonds is 9. The van der Waals surface area contributed by atoms with Crippen LogP contribution in [-0.4, -0.2) is 31.2 Å². The summed E-state index contributed by atoms with van der Waals surface area (Å²) in [6.45, 7) is 6.30. The van der Waals surface area contributed by atoms with Gasteiger partial charge in [-0.2, -0.15) is 0 Å². The summed E-state index contributed by atoms with van der Waals surface area (Å²) < 4.78 is 15.9. The van der Waals surface area contributed by atoms with Crippen LogP contribution in [0, 0.1) is 0 Å². The second-order valence-corrected chi connectivity index (χ2v) is 6.67. The molecule has 1 amide bonds. The van der Waals surface area contributed by atoms with Crippen molar-refractivity contribution in [1.82, 2.24) is 5.32 Å². The molecule has 0 saturated carbocycles. The number of methoxy groups -OCH3 is 1. The lowest BCUT2D eigenvalue weighted by Crippen LogP contribution is -2.35. The molecule has 2 rings (SSSR count). The first-order valence-electron chi connectivity index (χ1n) is 9.21. The van der Waals surface area contributed by atoms with Gasteiger partial charge in [-0.1, -0.05) is 24.3 Å². The van der Waals surface area contributed by atoms with Crippen LogP contribution in [0.4, 0.5) is 0 Å². The van der Waals surface area contributed by atoms with Gasteiger partial charge >= 0.3 is 5.97 Å². The molecule has 150 valence electrons. The van der Waals surface area contributed by atoms with Crippen LogP contribution in [0.1, 0.15) is 42.3 Å². The standard InChI is InChI=1S/C22H27NO5/c1-15(2)27-14-18-5-9-19(10-6-18)22(25)28-16(3)21(24)23-13-17-7-11-20(26-4)12-8-17/h5-12,15-16H,13-14H2,1-4H3,(H,23,24)/t16-/m1/s1. The van der Waals surface area contributed by atoms with Gasteiger partial charge < -0.3 is 19.5 Å². The molecule has 0 bridgehead atoms. The minimum atomic E-state index is -0.894. The smallest absolute Gasteiger partial charge is 0.338 e. The van der Waals surface area contributed by atoms with Gasteiger partial charge in [0.05, 0.1) is 25.4 Å². The number of amides is 1. The van der Waals surface area contributed by atoms with Crippen LogP contribution in [0.3, 0.4) is 0 Å². The summed E-state index contributed by atoms with van der Waals surface area (Å²) in [6, 6.07) is 14.3. The van der Waals surface area contributed by atoms with E-state index in [0.717, 1.165) is 16.9 Å². The molecule has 0 aliphatic rings. The summed E-state index contributed by atoms with van der Waals surface area (Å²) in [5.74, 6) is -0.145. The van der Waals surface area contributed by atoms with Crippen LogP contribution >= 0.6 is 0 Å². The Labute approximate surface area is 165 Å². The van der Waals surface area contributed by atoms with Crippen LogP contribution in [0.2, 0.25) is 0 Å². The van der Waals surface area contributed by atoms with Crippen LogP contribution in [0.15, 0.2) is 48.5 Å². The highest BCUT2D eigenvalue weighted by atomic mass is 16.5. The molecule has 0 spiro atoms. The van der Waals surface area contributed by atoms with Gasteiger partial charge in [-0.15, -0.1) is 0 Å². The molecule has 0 saturated heterocycles. The zero-order valence-corrected chi connectivity index (χ0v) is 16.7. The number of carbonyl (C=O) groups is 2. The van der Waals surface area contributed by atoms with E-state index in [9.17, 15) is 9.59 Å². The Morgan fingerprint density at radius 3 is 2.11 bits per heavy atom. The number of esters is 1. The normalized spacial score (nSPS) is 11.8. The highest BCUT2D eigenvalue weighted by molar-refractivity contribution is 5.92. The average Bonchev–Trinajstić information content (AvgIpc) is 2.71. The number of carbonyl (C=O) groups excluding carboxylic acids is 2. The predicted octanol–water partition coefficient (Wildman–Crippen LogP) is 3.48. The molecule has 0 heterocycles. The zero-order valence-electron chi connectivity index (χ0n) is 16.7. The third-order valence-electron chi connectivity index (χ3n) is 4.05. The van der Waals surface area contributed by atoms with Crippen LogP contribution in [0.25, 0.3) is 0 Å². The lowest BCUT2D eigenvalue weighted by atomic mass is 10.1. The molecule has 0 aliphatic heterocycles. The van der Waals surface area contributed by atoms with Crippen molar-refractivity contribution in [2.24, 2.45) is 0 Å². The van der Waals surface area contributed by atoms with Crippen molar-refractivity contribution >= 4 is 11.9 Å². The minimum absolute atomic E-state index is 0.141. The molecule has 0 unspecified atom stereocenters. The minimum Gasteiger partial charge on any atom is -0.497 e. The molecule has 0 radical (unpaired) electrons. The van der Waals surface area contributed by atoms with E-state index in [2.05, 4.69) is 5.32 Å². The molecular formula is C22H27NO5. The summed E-state index contributed by atoms with van der Waals surface area (Å²) in [7, 11) is 1.60. The summed E-state index contributed by atoms with van der Waals surface area (Å²) in [4.78, 5) is 24.4. The Hall–Kier alpha value is -2.86. The van der Waals surface area contributed by atoms with Crippen molar-refractivity contribution in [3.8, 4) is 5.75 Å². The molecular weight excluding hydrogens is 358 g/mol. The second kappa shape index (κ2) is 10.5. The van der Waals surface area contributed by atoms with Crippen molar-refractivity contribution in [2.75, 3.05) is 7.11 Å². The fraction of sp³-hybridized carbons (Fsp3) is 0.364. The number of hydrogen-bond acceptors (Lipinski definition) is 5. The Kier molecular flexibility index (Phi) is 8.02. The van der Waals surface area contributed by atoms with E-state index in [1.165, 1.54) is 0 Å². The van der Waals surface area contributed by atoms with Crippen molar-refractivity contribution in [3.05, 3.63) is 65.2 Å². The summed E-state index contributed by atoms with van der Waals surface area (Å²) in [5.41, 5.74) is 2.28. The van der Waals surface area contributed by atoms with Crippen LogP contribution in [0.5, 0.6) is 5.75 Å². The van der Waals surface area contributed by atoms with Gasteiger partial charge in [0.25, 0.3) is 5.91 Å². The first-order valence-corrected chi connectivity index (χ1v) is 9.21. The maximum Gasteiger partial charge on any atom is 0.338 e. The molecule has 1 atom stereocenters. The second-order valence-electron chi connectivity index (χ2n) is 6.67. The van der Waals surface area contributed by atoms with E-state index < -0.39 is 12.1 Å². The number of nitrogens with one attached hydrogen (secondary N) is 1. The van der Waals surface area contributed by atoms with Crippen molar-refractivity contribution < 1.29 is 23.8 Å². The molecule has 0 aliphatic carbocycles. The van der Waals surface area contributed by atoms with Gasteiger partial charge in [0, 0.05) is 6.54 Å². The molecule has 6 heteroatoms. The molecule has 6 nitrogen and oxygen atoms in total. The van der Waals surface area contributed by atoms with E-state index in [1.54, 1.807) is 26.2 Å². The van der Waals surface area contributed by atoms with Gasteiger partial charge in [0.1, 0.15) is 5.75 Å². The maximum absolute atomic E-state index is 12.2. The quantitative estimate of drug-likeness (QED) is 0.669. The highest BCUT2D eigenvalue weighted by Gasteiger charge is 2.18. The fourth-order valence-corrected chi connectivity index (χ4v) is 2.36. The Bertz CT molecular complexity index is 769. The zero-order chi connectivity index (χ0) is 20.5. The molecule has 2 aromatic carbocycles. The van der Waals surface area contributed by atoms with E-state index >= 15 is 0 Å². The Morgan fingerprint density at radius 1 is 0.929 bits per heavy atom. The van der Waals surface area contributed by atoms with Gasteiger partial charge in [-0.05, 0) is 56.2 Å². The number of hydrogen-bond donors (Lipinski definition) is 1. The Morgan fingerprint density at radius 2 is 1.54 bits per heavy atom. The van der Waals surface area contributed by atoms with Gasteiger partial charge in [-0.3, -0.25) is 4.79 Å².